The van der Waals surface area contributed by atoms with Gasteiger partial charge in [0.1, 0.15) is 0 Å². The Kier molecular flexibility index (Phi) is 3.23. The number of piperidine rings is 1. The van der Waals surface area contributed by atoms with Crippen molar-refractivity contribution in [1.29, 1.82) is 0 Å². The van der Waals surface area contributed by atoms with Crippen LogP contribution in [0.1, 0.15) is 39.0 Å². The predicted molar refractivity (Wildman–Crippen MR) is 55.8 cm³/mol. The van der Waals surface area contributed by atoms with Gasteiger partial charge in [0.15, 0.2) is 0 Å². The largest absolute Gasteiger partial charge is 0.317 e. The van der Waals surface area contributed by atoms with E-state index in [0.29, 0.717) is 0 Å². The predicted octanol–water partition coefficient (Wildman–Crippen LogP) is 1.52. The molecule has 1 aliphatic carbocycles. The number of nitrogens with one attached hydrogen (secondary N) is 2. The minimum atomic E-state index is 0.798. The molecule has 0 spiro atoms. The van der Waals surface area contributed by atoms with Crippen LogP contribution < -0.4 is 10.6 Å². The van der Waals surface area contributed by atoms with E-state index in [9.17, 15) is 0 Å². The van der Waals surface area contributed by atoms with Gasteiger partial charge >= 0.3 is 0 Å². The van der Waals surface area contributed by atoms with Crippen LogP contribution in [0.4, 0.5) is 0 Å². The molecule has 2 aliphatic rings. The van der Waals surface area contributed by atoms with Crippen LogP contribution in [-0.4, -0.2) is 25.2 Å². The highest BCUT2D eigenvalue weighted by Gasteiger charge is 2.25. The smallest absolute Gasteiger partial charge is 0.00953 e. The molecule has 0 aromatic heterocycles. The van der Waals surface area contributed by atoms with E-state index >= 15 is 0 Å². The maximum absolute atomic E-state index is 3.83. The van der Waals surface area contributed by atoms with Crippen LogP contribution in [0.5, 0.6) is 0 Å². The van der Waals surface area contributed by atoms with E-state index in [4.69, 9.17) is 0 Å². The van der Waals surface area contributed by atoms with E-state index in [1.807, 2.05) is 0 Å². The maximum atomic E-state index is 3.83. The van der Waals surface area contributed by atoms with Gasteiger partial charge < -0.3 is 10.6 Å². The number of hydrogen-bond acceptors (Lipinski definition) is 2. The second-order valence-electron chi connectivity index (χ2n) is 4.71. The maximum Gasteiger partial charge on any atom is 0.00953 e. The Morgan fingerprint density at radius 1 is 1.08 bits per heavy atom. The lowest BCUT2D eigenvalue weighted by Gasteiger charge is -2.28. The molecule has 1 aliphatic heterocycles. The fourth-order valence-electron chi connectivity index (χ4n) is 2.68. The van der Waals surface area contributed by atoms with Gasteiger partial charge in [0.05, 0.1) is 0 Å². The lowest BCUT2D eigenvalue weighted by atomic mass is 10.0. The SMILES string of the molecule is CC1CCCC1NC1CCNCC1. The van der Waals surface area contributed by atoms with Crippen molar-refractivity contribution in [2.24, 2.45) is 5.92 Å². The Labute approximate surface area is 81.5 Å². The molecule has 0 aromatic rings. The summed E-state index contributed by atoms with van der Waals surface area (Å²) in [4.78, 5) is 0. The third-order valence-electron chi connectivity index (χ3n) is 3.65. The fraction of sp³-hybridized carbons (Fsp3) is 1.00. The van der Waals surface area contributed by atoms with Gasteiger partial charge in [0, 0.05) is 12.1 Å². The highest BCUT2D eigenvalue weighted by molar-refractivity contribution is 4.85. The summed E-state index contributed by atoms with van der Waals surface area (Å²) in [5.74, 6) is 0.912. The molecule has 13 heavy (non-hydrogen) atoms. The normalized spacial score (nSPS) is 36.7. The standard InChI is InChI=1S/C11H22N2/c1-9-3-2-4-11(9)13-10-5-7-12-8-6-10/h9-13H,2-8H2,1H3. The molecule has 2 unspecified atom stereocenters. The van der Waals surface area contributed by atoms with Crippen molar-refractivity contribution in [3.05, 3.63) is 0 Å². The summed E-state index contributed by atoms with van der Waals surface area (Å²) in [6.07, 6.45) is 6.92. The Balaban J connectivity index is 1.75. The molecule has 2 fully saturated rings. The molecule has 2 rings (SSSR count). The summed E-state index contributed by atoms with van der Waals surface area (Å²) in [7, 11) is 0. The van der Waals surface area contributed by atoms with Crippen molar-refractivity contribution in [3.63, 3.8) is 0 Å². The summed E-state index contributed by atoms with van der Waals surface area (Å²) < 4.78 is 0. The first kappa shape index (κ1) is 9.47. The van der Waals surface area contributed by atoms with E-state index in [-0.39, 0.29) is 0 Å². The van der Waals surface area contributed by atoms with Gasteiger partial charge in [-0.05, 0) is 44.7 Å². The van der Waals surface area contributed by atoms with Gasteiger partial charge in [-0.2, -0.15) is 0 Å². The molecule has 2 N–H and O–H groups in total. The van der Waals surface area contributed by atoms with Gasteiger partial charge in [0.2, 0.25) is 0 Å². The lowest BCUT2D eigenvalue weighted by Crippen LogP contribution is -2.45. The zero-order valence-electron chi connectivity index (χ0n) is 8.68. The second kappa shape index (κ2) is 4.43. The lowest BCUT2D eigenvalue weighted by molar-refractivity contribution is 0.317. The van der Waals surface area contributed by atoms with Gasteiger partial charge in [-0.3, -0.25) is 0 Å². The summed E-state index contributed by atoms with van der Waals surface area (Å²) in [5, 5.41) is 7.24. The molecule has 0 amide bonds. The van der Waals surface area contributed by atoms with E-state index in [2.05, 4.69) is 17.6 Å². The Hall–Kier alpha value is -0.0800. The van der Waals surface area contributed by atoms with Gasteiger partial charge in [-0.15, -0.1) is 0 Å². The summed E-state index contributed by atoms with van der Waals surface area (Å²) >= 11 is 0. The Morgan fingerprint density at radius 2 is 1.85 bits per heavy atom. The molecule has 0 radical (unpaired) electrons. The zero-order valence-corrected chi connectivity index (χ0v) is 8.68. The van der Waals surface area contributed by atoms with Crippen LogP contribution in [0.3, 0.4) is 0 Å². The van der Waals surface area contributed by atoms with Crippen molar-refractivity contribution in [1.82, 2.24) is 10.6 Å². The van der Waals surface area contributed by atoms with Crippen LogP contribution >= 0.6 is 0 Å². The molecule has 2 nitrogen and oxygen atoms in total. The Bertz CT molecular complexity index is 152. The Morgan fingerprint density at radius 3 is 2.46 bits per heavy atom. The van der Waals surface area contributed by atoms with Crippen molar-refractivity contribution in [2.45, 2.75) is 51.1 Å². The minimum absolute atomic E-state index is 0.798. The molecule has 0 aromatic carbocycles. The molecule has 0 bridgehead atoms. The van der Waals surface area contributed by atoms with Crippen molar-refractivity contribution >= 4 is 0 Å². The minimum Gasteiger partial charge on any atom is -0.317 e. The van der Waals surface area contributed by atoms with Crippen LogP contribution in [0.2, 0.25) is 0 Å². The monoisotopic (exact) mass is 182 g/mol. The third-order valence-corrected chi connectivity index (χ3v) is 3.65. The summed E-state index contributed by atoms with van der Waals surface area (Å²) in [5.41, 5.74) is 0. The number of rotatable bonds is 2. The first-order valence-electron chi connectivity index (χ1n) is 5.83. The molecule has 1 saturated heterocycles. The van der Waals surface area contributed by atoms with E-state index in [0.717, 1.165) is 18.0 Å². The second-order valence-corrected chi connectivity index (χ2v) is 4.71. The number of hydrogen-bond donors (Lipinski definition) is 2. The average molecular weight is 182 g/mol. The molecular weight excluding hydrogens is 160 g/mol. The van der Waals surface area contributed by atoms with Crippen LogP contribution in [0, 0.1) is 5.92 Å². The van der Waals surface area contributed by atoms with Crippen LogP contribution in [-0.2, 0) is 0 Å². The molecule has 2 atom stereocenters. The van der Waals surface area contributed by atoms with Gasteiger partial charge in [-0.1, -0.05) is 13.3 Å². The topological polar surface area (TPSA) is 24.1 Å². The van der Waals surface area contributed by atoms with E-state index in [1.54, 1.807) is 0 Å². The van der Waals surface area contributed by atoms with Crippen molar-refractivity contribution < 1.29 is 0 Å². The summed E-state index contributed by atoms with van der Waals surface area (Å²) in [6, 6.07) is 1.62. The molecular formula is C11H22N2. The van der Waals surface area contributed by atoms with Gasteiger partial charge in [-0.25, -0.2) is 0 Å². The highest BCUT2D eigenvalue weighted by Crippen LogP contribution is 2.25. The quantitative estimate of drug-likeness (QED) is 0.676. The first-order chi connectivity index (χ1) is 6.36. The van der Waals surface area contributed by atoms with Crippen molar-refractivity contribution in [3.8, 4) is 0 Å². The summed E-state index contributed by atoms with van der Waals surface area (Å²) in [6.45, 7) is 4.81. The molecule has 1 saturated carbocycles. The highest BCUT2D eigenvalue weighted by atomic mass is 15.0. The molecule has 76 valence electrons. The van der Waals surface area contributed by atoms with Crippen molar-refractivity contribution in [2.75, 3.05) is 13.1 Å². The molecule has 2 heteroatoms. The van der Waals surface area contributed by atoms with E-state index in [1.165, 1.54) is 45.2 Å². The van der Waals surface area contributed by atoms with Gasteiger partial charge in [0.25, 0.3) is 0 Å². The van der Waals surface area contributed by atoms with Crippen LogP contribution in [0.25, 0.3) is 0 Å². The molecule has 1 heterocycles. The average Bonchev–Trinajstić information content (AvgIpc) is 2.54. The van der Waals surface area contributed by atoms with Crippen LogP contribution in [0.15, 0.2) is 0 Å². The fourth-order valence-corrected chi connectivity index (χ4v) is 2.68. The third kappa shape index (κ3) is 2.44. The van der Waals surface area contributed by atoms with E-state index < -0.39 is 0 Å². The first-order valence-corrected chi connectivity index (χ1v) is 5.83. The zero-order chi connectivity index (χ0) is 9.10.